The molecule has 0 saturated heterocycles. The standard InChI is InChI=1S/C8H4Br3F/c9-7-4-6(12)2-1-5(7)3-8(10)11/h1-4H. The minimum absolute atomic E-state index is 0.246. The van der Waals surface area contributed by atoms with Crippen molar-refractivity contribution in [3.63, 3.8) is 0 Å². The van der Waals surface area contributed by atoms with Crippen molar-refractivity contribution < 1.29 is 4.39 Å². The summed E-state index contributed by atoms with van der Waals surface area (Å²) < 4.78 is 14.2. The Labute approximate surface area is 95.2 Å². The predicted octanol–water partition coefficient (Wildman–Crippen LogP) is 4.68. The van der Waals surface area contributed by atoms with Gasteiger partial charge in [0.25, 0.3) is 0 Å². The van der Waals surface area contributed by atoms with Crippen LogP contribution in [0.15, 0.2) is 26.1 Å². The second-order valence-electron chi connectivity index (χ2n) is 2.10. The zero-order valence-corrected chi connectivity index (χ0v) is 10.6. The molecule has 0 atom stereocenters. The maximum absolute atomic E-state index is 12.6. The van der Waals surface area contributed by atoms with Gasteiger partial charge in [0.2, 0.25) is 0 Å². The molecule has 0 N–H and O–H groups in total. The summed E-state index contributed by atoms with van der Waals surface area (Å²) in [6, 6.07) is 4.54. The summed E-state index contributed by atoms with van der Waals surface area (Å²) in [4.78, 5) is 0. The van der Waals surface area contributed by atoms with Gasteiger partial charge in [-0.15, -0.1) is 0 Å². The third kappa shape index (κ3) is 2.99. The molecule has 0 spiro atoms. The Morgan fingerprint density at radius 2 is 2.00 bits per heavy atom. The molecule has 0 radical (unpaired) electrons. The molecule has 0 saturated carbocycles. The monoisotopic (exact) mass is 356 g/mol. The van der Waals surface area contributed by atoms with Gasteiger partial charge >= 0.3 is 0 Å². The fourth-order valence-corrected chi connectivity index (χ4v) is 1.69. The molecule has 4 heteroatoms. The van der Waals surface area contributed by atoms with Crippen molar-refractivity contribution in [2.45, 2.75) is 0 Å². The summed E-state index contributed by atoms with van der Waals surface area (Å²) in [7, 11) is 0. The molecular weight excluding hydrogens is 355 g/mol. The van der Waals surface area contributed by atoms with Crippen LogP contribution in [0.2, 0.25) is 0 Å². The topological polar surface area (TPSA) is 0 Å². The lowest BCUT2D eigenvalue weighted by atomic mass is 10.2. The van der Waals surface area contributed by atoms with Crippen molar-refractivity contribution in [2.24, 2.45) is 0 Å². The van der Waals surface area contributed by atoms with Crippen LogP contribution in [0.25, 0.3) is 6.08 Å². The lowest BCUT2D eigenvalue weighted by molar-refractivity contribution is 0.627. The molecular formula is C8H4Br3F. The molecule has 0 aliphatic heterocycles. The molecule has 0 heterocycles. The number of rotatable bonds is 1. The number of hydrogen-bond donors (Lipinski definition) is 0. The first-order valence-electron chi connectivity index (χ1n) is 3.07. The first-order valence-corrected chi connectivity index (χ1v) is 5.45. The Morgan fingerprint density at radius 1 is 1.33 bits per heavy atom. The van der Waals surface area contributed by atoms with Crippen LogP contribution in [0, 0.1) is 5.82 Å². The van der Waals surface area contributed by atoms with Gasteiger partial charge in [0.1, 0.15) is 5.82 Å². The highest BCUT2D eigenvalue weighted by molar-refractivity contribution is 9.28. The van der Waals surface area contributed by atoms with Crippen molar-refractivity contribution >= 4 is 53.9 Å². The number of benzene rings is 1. The van der Waals surface area contributed by atoms with E-state index < -0.39 is 0 Å². The normalized spacial score (nSPS) is 9.67. The molecule has 0 unspecified atom stereocenters. The molecule has 0 bridgehead atoms. The summed E-state index contributed by atoms with van der Waals surface area (Å²) in [5, 5.41) is 0. The maximum Gasteiger partial charge on any atom is 0.124 e. The van der Waals surface area contributed by atoms with Crippen molar-refractivity contribution in [2.75, 3.05) is 0 Å². The molecule has 0 nitrogen and oxygen atoms in total. The summed E-state index contributed by atoms with van der Waals surface area (Å²) in [5.74, 6) is -0.246. The van der Waals surface area contributed by atoms with Crippen LogP contribution in [-0.2, 0) is 0 Å². The Bertz CT molecular complexity index is 316. The SMILES string of the molecule is Fc1ccc(C=C(Br)Br)c(Br)c1. The van der Waals surface area contributed by atoms with E-state index in [0.717, 1.165) is 13.4 Å². The highest BCUT2D eigenvalue weighted by atomic mass is 79.9. The first-order chi connectivity index (χ1) is 5.59. The molecule has 0 aliphatic rings. The summed E-state index contributed by atoms with van der Waals surface area (Å²) in [5.41, 5.74) is 0.917. The predicted molar refractivity (Wildman–Crippen MR) is 59.9 cm³/mol. The first kappa shape index (κ1) is 10.4. The van der Waals surface area contributed by atoms with E-state index in [2.05, 4.69) is 47.8 Å². The Kier molecular flexibility index (Phi) is 3.93. The van der Waals surface area contributed by atoms with Crippen molar-refractivity contribution in [3.8, 4) is 0 Å². The quantitative estimate of drug-likeness (QED) is 0.684. The summed E-state index contributed by atoms with van der Waals surface area (Å²) in [6.45, 7) is 0. The van der Waals surface area contributed by atoms with Gasteiger partial charge in [0.05, 0.1) is 3.39 Å². The zero-order chi connectivity index (χ0) is 9.14. The van der Waals surface area contributed by atoms with E-state index in [1.165, 1.54) is 12.1 Å². The molecule has 0 aliphatic carbocycles. The average molecular weight is 359 g/mol. The van der Waals surface area contributed by atoms with E-state index in [4.69, 9.17) is 0 Å². The van der Waals surface area contributed by atoms with Crippen LogP contribution >= 0.6 is 47.8 Å². The summed E-state index contributed by atoms with van der Waals surface area (Å²) in [6.07, 6.45) is 1.84. The van der Waals surface area contributed by atoms with Gasteiger partial charge in [-0.25, -0.2) is 4.39 Å². The van der Waals surface area contributed by atoms with E-state index in [0.29, 0.717) is 0 Å². The van der Waals surface area contributed by atoms with Crippen LogP contribution in [0.3, 0.4) is 0 Å². The Balaban J connectivity index is 3.10. The second-order valence-corrected chi connectivity index (χ2v) is 5.73. The Hall–Kier alpha value is 0.330. The van der Waals surface area contributed by atoms with Crippen LogP contribution in [-0.4, -0.2) is 0 Å². The van der Waals surface area contributed by atoms with Crippen LogP contribution in [0.4, 0.5) is 4.39 Å². The highest BCUT2D eigenvalue weighted by Gasteiger charge is 1.98. The minimum Gasteiger partial charge on any atom is -0.207 e. The van der Waals surface area contributed by atoms with Gasteiger partial charge in [0, 0.05) is 4.47 Å². The molecule has 0 aromatic heterocycles. The van der Waals surface area contributed by atoms with Gasteiger partial charge < -0.3 is 0 Å². The van der Waals surface area contributed by atoms with Crippen molar-refractivity contribution in [1.82, 2.24) is 0 Å². The molecule has 1 rings (SSSR count). The van der Waals surface area contributed by atoms with Crippen LogP contribution in [0.1, 0.15) is 5.56 Å². The Morgan fingerprint density at radius 3 is 2.50 bits per heavy atom. The fraction of sp³-hybridized carbons (Fsp3) is 0. The average Bonchev–Trinajstić information content (AvgIpc) is 1.94. The highest BCUT2D eigenvalue weighted by Crippen LogP contribution is 2.24. The smallest absolute Gasteiger partial charge is 0.124 e. The number of halogens is 4. The van der Waals surface area contributed by atoms with E-state index in [-0.39, 0.29) is 5.82 Å². The molecule has 1 aromatic carbocycles. The van der Waals surface area contributed by atoms with Gasteiger partial charge in [-0.3, -0.25) is 0 Å². The third-order valence-corrected chi connectivity index (χ3v) is 2.37. The summed E-state index contributed by atoms with van der Waals surface area (Å²) >= 11 is 9.70. The van der Waals surface area contributed by atoms with E-state index in [1.807, 2.05) is 6.08 Å². The van der Waals surface area contributed by atoms with Gasteiger partial charge in [0.15, 0.2) is 0 Å². The lowest BCUT2D eigenvalue weighted by Gasteiger charge is -1.97. The molecule has 64 valence electrons. The van der Waals surface area contributed by atoms with Crippen LogP contribution in [0.5, 0.6) is 0 Å². The lowest BCUT2D eigenvalue weighted by Crippen LogP contribution is -1.78. The minimum atomic E-state index is -0.246. The van der Waals surface area contributed by atoms with E-state index in [9.17, 15) is 4.39 Å². The molecule has 0 amide bonds. The van der Waals surface area contributed by atoms with E-state index in [1.54, 1.807) is 6.07 Å². The molecule has 12 heavy (non-hydrogen) atoms. The maximum atomic E-state index is 12.6. The largest absolute Gasteiger partial charge is 0.207 e. The van der Waals surface area contributed by atoms with Crippen molar-refractivity contribution in [1.29, 1.82) is 0 Å². The van der Waals surface area contributed by atoms with Gasteiger partial charge in [-0.1, -0.05) is 22.0 Å². The van der Waals surface area contributed by atoms with Crippen molar-refractivity contribution in [3.05, 3.63) is 37.4 Å². The number of hydrogen-bond acceptors (Lipinski definition) is 0. The van der Waals surface area contributed by atoms with Gasteiger partial charge in [-0.05, 0) is 55.6 Å². The van der Waals surface area contributed by atoms with Gasteiger partial charge in [-0.2, -0.15) is 0 Å². The molecule has 0 fully saturated rings. The van der Waals surface area contributed by atoms with Crippen LogP contribution < -0.4 is 0 Å². The third-order valence-electron chi connectivity index (χ3n) is 1.23. The fourth-order valence-electron chi connectivity index (χ4n) is 0.736. The second kappa shape index (κ2) is 4.53. The molecule has 1 aromatic rings. The van der Waals surface area contributed by atoms with E-state index >= 15 is 0 Å². The zero-order valence-electron chi connectivity index (χ0n) is 5.82.